The fourth-order valence-corrected chi connectivity index (χ4v) is 2.22. The number of nitrogens with two attached hydrogens (primary N) is 1. The smallest absolute Gasteiger partial charge is 0.255 e. The Kier molecular flexibility index (Phi) is 3.71. The summed E-state index contributed by atoms with van der Waals surface area (Å²) in [6, 6.07) is 15.4. The number of amides is 1. The van der Waals surface area contributed by atoms with Gasteiger partial charge < -0.3 is 15.5 Å². The fraction of sp³-hybridized carbons (Fsp3) is 0.118. The number of fused-ring (bicyclic) bond motifs is 1. The van der Waals surface area contributed by atoms with Gasteiger partial charge in [0.05, 0.1) is 5.56 Å². The lowest BCUT2D eigenvalue weighted by Gasteiger charge is -2.05. The van der Waals surface area contributed by atoms with Crippen molar-refractivity contribution in [1.29, 1.82) is 0 Å². The molecule has 0 aliphatic heterocycles. The Balaban J connectivity index is 1.71. The average Bonchev–Trinajstić information content (AvgIpc) is 2.97. The molecule has 1 amide bonds. The van der Waals surface area contributed by atoms with Gasteiger partial charge in [0.15, 0.2) is 0 Å². The minimum atomic E-state index is -0.136. The number of carbonyl (C=O) groups excluding carboxylic acids is 1. The third kappa shape index (κ3) is 2.80. The number of benzene rings is 2. The molecule has 0 fully saturated rings. The van der Waals surface area contributed by atoms with Gasteiger partial charge in [0.2, 0.25) is 0 Å². The highest BCUT2D eigenvalue weighted by Crippen LogP contribution is 2.20. The SMILES string of the molecule is NCc1ccc(CNC(=O)c2coc3ccccc23)cc1. The lowest BCUT2D eigenvalue weighted by Crippen LogP contribution is -2.22. The van der Waals surface area contributed by atoms with E-state index >= 15 is 0 Å². The Labute approximate surface area is 122 Å². The van der Waals surface area contributed by atoms with Crippen molar-refractivity contribution in [1.82, 2.24) is 5.32 Å². The predicted molar refractivity (Wildman–Crippen MR) is 81.7 cm³/mol. The molecule has 0 bridgehead atoms. The molecule has 0 unspecified atom stereocenters. The van der Waals surface area contributed by atoms with Gasteiger partial charge in [0.1, 0.15) is 11.8 Å². The van der Waals surface area contributed by atoms with Gasteiger partial charge in [-0.25, -0.2) is 0 Å². The maximum atomic E-state index is 12.2. The van der Waals surface area contributed by atoms with Crippen LogP contribution in [-0.4, -0.2) is 5.91 Å². The quantitative estimate of drug-likeness (QED) is 0.772. The van der Waals surface area contributed by atoms with Crippen LogP contribution in [0.1, 0.15) is 21.5 Å². The summed E-state index contributed by atoms with van der Waals surface area (Å²) < 4.78 is 5.38. The highest BCUT2D eigenvalue weighted by molar-refractivity contribution is 6.05. The molecule has 0 saturated heterocycles. The molecule has 0 spiro atoms. The van der Waals surface area contributed by atoms with Gasteiger partial charge in [-0.05, 0) is 17.2 Å². The molecule has 2 aromatic carbocycles. The predicted octanol–water partition coefficient (Wildman–Crippen LogP) is 2.82. The summed E-state index contributed by atoms with van der Waals surface area (Å²) in [7, 11) is 0. The van der Waals surface area contributed by atoms with Crippen molar-refractivity contribution in [3.8, 4) is 0 Å². The molecular weight excluding hydrogens is 264 g/mol. The number of para-hydroxylation sites is 1. The van der Waals surface area contributed by atoms with Crippen molar-refractivity contribution in [2.75, 3.05) is 0 Å². The van der Waals surface area contributed by atoms with E-state index in [1.54, 1.807) is 0 Å². The average molecular weight is 280 g/mol. The summed E-state index contributed by atoms with van der Waals surface area (Å²) in [6.07, 6.45) is 1.50. The zero-order valence-corrected chi connectivity index (χ0v) is 11.5. The van der Waals surface area contributed by atoms with Gasteiger partial charge in [-0.2, -0.15) is 0 Å². The number of furan rings is 1. The Hall–Kier alpha value is -2.59. The van der Waals surface area contributed by atoms with E-state index in [1.165, 1.54) is 6.26 Å². The lowest BCUT2D eigenvalue weighted by molar-refractivity contribution is 0.0951. The van der Waals surface area contributed by atoms with E-state index in [-0.39, 0.29) is 5.91 Å². The second kappa shape index (κ2) is 5.81. The molecule has 0 radical (unpaired) electrons. The van der Waals surface area contributed by atoms with Crippen LogP contribution in [0, 0.1) is 0 Å². The Morgan fingerprint density at radius 1 is 1.05 bits per heavy atom. The van der Waals surface area contributed by atoms with Gasteiger partial charge in [-0.1, -0.05) is 42.5 Å². The second-order valence-corrected chi connectivity index (χ2v) is 4.85. The van der Waals surface area contributed by atoms with Crippen molar-refractivity contribution in [2.45, 2.75) is 13.1 Å². The van der Waals surface area contributed by atoms with E-state index < -0.39 is 0 Å². The highest BCUT2D eigenvalue weighted by Gasteiger charge is 2.12. The number of rotatable bonds is 4. The van der Waals surface area contributed by atoms with Crippen LogP contribution in [-0.2, 0) is 13.1 Å². The summed E-state index contributed by atoms with van der Waals surface area (Å²) >= 11 is 0. The number of hydrogen-bond acceptors (Lipinski definition) is 3. The van der Waals surface area contributed by atoms with Crippen LogP contribution in [0.5, 0.6) is 0 Å². The summed E-state index contributed by atoms with van der Waals surface area (Å²) in [5.74, 6) is -0.136. The number of nitrogens with one attached hydrogen (secondary N) is 1. The van der Waals surface area contributed by atoms with Crippen LogP contribution in [0.25, 0.3) is 11.0 Å². The van der Waals surface area contributed by atoms with Crippen LogP contribution < -0.4 is 11.1 Å². The van der Waals surface area contributed by atoms with E-state index in [1.807, 2.05) is 48.5 Å². The van der Waals surface area contributed by atoms with Crippen molar-refractivity contribution < 1.29 is 9.21 Å². The monoisotopic (exact) mass is 280 g/mol. The maximum absolute atomic E-state index is 12.2. The first-order chi connectivity index (χ1) is 10.3. The van der Waals surface area contributed by atoms with E-state index in [9.17, 15) is 4.79 Å². The molecule has 21 heavy (non-hydrogen) atoms. The van der Waals surface area contributed by atoms with Gasteiger partial charge in [-0.3, -0.25) is 4.79 Å². The van der Waals surface area contributed by atoms with Gasteiger partial charge in [0, 0.05) is 18.5 Å². The largest absolute Gasteiger partial charge is 0.463 e. The number of carbonyl (C=O) groups is 1. The van der Waals surface area contributed by atoms with Crippen molar-refractivity contribution >= 4 is 16.9 Å². The van der Waals surface area contributed by atoms with E-state index in [2.05, 4.69) is 5.32 Å². The Bertz CT molecular complexity index is 760. The highest BCUT2D eigenvalue weighted by atomic mass is 16.3. The van der Waals surface area contributed by atoms with Crippen LogP contribution >= 0.6 is 0 Å². The molecule has 106 valence electrons. The molecule has 0 saturated carbocycles. The van der Waals surface area contributed by atoms with Crippen LogP contribution in [0.2, 0.25) is 0 Å². The topological polar surface area (TPSA) is 68.3 Å². The first-order valence-electron chi connectivity index (χ1n) is 6.80. The Morgan fingerprint density at radius 3 is 2.52 bits per heavy atom. The van der Waals surface area contributed by atoms with Crippen LogP contribution in [0.3, 0.4) is 0 Å². The van der Waals surface area contributed by atoms with Gasteiger partial charge >= 0.3 is 0 Å². The van der Waals surface area contributed by atoms with Gasteiger partial charge in [0.25, 0.3) is 5.91 Å². The molecule has 3 rings (SSSR count). The Morgan fingerprint density at radius 2 is 1.76 bits per heavy atom. The van der Waals surface area contributed by atoms with E-state index in [4.69, 9.17) is 10.2 Å². The molecular formula is C17H16N2O2. The minimum Gasteiger partial charge on any atom is -0.463 e. The molecule has 1 aromatic heterocycles. The zero-order valence-electron chi connectivity index (χ0n) is 11.5. The molecule has 4 heteroatoms. The molecule has 0 aliphatic rings. The third-order valence-electron chi connectivity index (χ3n) is 3.44. The lowest BCUT2D eigenvalue weighted by atomic mass is 10.1. The summed E-state index contributed by atoms with van der Waals surface area (Å²) in [5.41, 5.74) is 8.95. The van der Waals surface area contributed by atoms with E-state index in [0.717, 1.165) is 22.1 Å². The normalized spacial score (nSPS) is 10.7. The standard InChI is InChI=1S/C17H16N2O2/c18-9-12-5-7-13(8-6-12)10-19-17(20)15-11-21-16-4-2-1-3-14(15)16/h1-8,11H,9-10,18H2,(H,19,20). The molecule has 3 aromatic rings. The zero-order chi connectivity index (χ0) is 14.7. The maximum Gasteiger partial charge on any atom is 0.255 e. The third-order valence-corrected chi connectivity index (χ3v) is 3.44. The van der Waals surface area contributed by atoms with Crippen molar-refractivity contribution in [3.05, 3.63) is 71.5 Å². The van der Waals surface area contributed by atoms with Crippen molar-refractivity contribution in [3.63, 3.8) is 0 Å². The molecule has 0 aliphatic carbocycles. The summed E-state index contributed by atoms with van der Waals surface area (Å²) in [5, 5.41) is 3.73. The van der Waals surface area contributed by atoms with Gasteiger partial charge in [-0.15, -0.1) is 0 Å². The molecule has 0 atom stereocenters. The minimum absolute atomic E-state index is 0.136. The fourth-order valence-electron chi connectivity index (χ4n) is 2.22. The molecule has 1 heterocycles. The van der Waals surface area contributed by atoms with Crippen LogP contribution in [0.4, 0.5) is 0 Å². The molecule has 3 N–H and O–H groups in total. The summed E-state index contributed by atoms with van der Waals surface area (Å²) in [4.78, 5) is 12.2. The summed E-state index contributed by atoms with van der Waals surface area (Å²) in [6.45, 7) is 0.997. The first-order valence-corrected chi connectivity index (χ1v) is 6.80. The van der Waals surface area contributed by atoms with E-state index in [0.29, 0.717) is 18.7 Å². The van der Waals surface area contributed by atoms with Crippen molar-refractivity contribution in [2.24, 2.45) is 5.73 Å². The van der Waals surface area contributed by atoms with Crippen LogP contribution in [0.15, 0.2) is 59.2 Å². The first kappa shape index (κ1) is 13.4. The number of hydrogen-bond donors (Lipinski definition) is 2. The molecule has 4 nitrogen and oxygen atoms in total. The second-order valence-electron chi connectivity index (χ2n) is 4.85.